The van der Waals surface area contributed by atoms with Gasteiger partial charge in [0.25, 0.3) is 0 Å². The second kappa shape index (κ2) is 6.48. The molecule has 0 atom stereocenters. The van der Waals surface area contributed by atoms with Crippen molar-refractivity contribution in [1.29, 1.82) is 0 Å². The van der Waals surface area contributed by atoms with Crippen molar-refractivity contribution in [2.45, 2.75) is 13.8 Å². The molecule has 0 saturated carbocycles. The van der Waals surface area contributed by atoms with Gasteiger partial charge in [-0.05, 0) is 18.6 Å². The number of rotatable bonds is 5. The molecule has 1 rings (SSSR count). The third-order valence-electron chi connectivity index (χ3n) is 2.19. The van der Waals surface area contributed by atoms with Crippen molar-refractivity contribution in [3.63, 3.8) is 0 Å². The van der Waals surface area contributed by atoms with Gasteiger partial charge < -0.3 is 0 Å². The van der Waals surface area contributed by atoms with E-state index < -0.39 is 0 Å². The monoisotopic (exact) mass is 230 g/mol. The van der Waals surface area contributed by atoms with Gasteiger partial charge in [0.05, 0.1) is 5.71 Å². The van der Waals surface area contributed by atoms with Crippen molar-refractivity contribution in [2.24, 2.45) is 9.98 Å². The first-order valence-corrected chi connectivity index (χ1v) is 5.20. The molecule has 0 bridgehead atoms. The number of nitrogens with zero attached hydrogens (tertiary/aromatic N) is 2. The van der Waals surface area contributed by atoms with E-state index in [4.69, 9.17) is 0 Å². The van der Waals surface area contributed by atoms with Gasteiger partial charge in [0.1, 0.15) is 13.0 Å². The Hall–Kier alpha value is -2.10. The first-order valence-electron chi connectivity index (χ1n) is 5.20. The van der Waals surface area contributed by atoms with Crippen LogP contribution < -0.4 is 0 Å². The van der Waals surface area contributed by atoms with E-state index in [1.54, 1.807) is 31.3 Å². The Bertz CT molecular complexity index is 476. The summed E-state index contributed by atoms with van der Waals surface area (Å²) in [6, 6.07) is 7.09. The van der Waals surface area contributed by atoms with Crippen LogP contribution in [0.4, 0.5) is 0 Å². The molecule has 1 aromatic carbocycles. The minimum atomic E-state index is -0.0526. The van der Waals surface area contributed by atoms with Crippen LogP contribution in [0.3, 0.4) is 0 Å². The Balaban J connectivity index is 2.62. The van der Waals surface area contributed by atoms with E-state index in [0.717, 1.165) is 11.8 Å². The van der Waals surface area contributed by atoms with Gasteiger partial charge in [-0.25, -0.2) is 0 Å². The molecule has 4 heteroatoms. The average Bonchev–Trinajstić information content (AvgIpc) is 2.34. The zero-order valence-electron chi connectivity index (χ0n) is 9.88. The van der Waals surface area contributed by atoms with Gasteiger partial charge in [-0.15, -0.1) is 0 Å². The highest BCUT2D eigenvalue weighted by molar-refractivity contribution is 6.37. The van der Waals surface area contributed by atoms with E-state index in [1.807, 2.05) is 6.07 Å². The minimum absolute atomic E-state index is 0.0526. The van der Waals surface area contributed by atoms with Crippen molar-refractivity contribution < 1.29 is 9.59 Å². The fourth-order valence-corrected chi connectivity index (χ4v) is 1.12. The maximum absolute atomic E-state index is 10.9. The summed E-state index contributed by atoms with van der Waals surface area (Å²) in [6.45, 7) is 3.34. The number of Topliss-reactive ketones (excluding diaryl/α,β-unsaturated/α-hetero) is 1. The fraction of sp³-hybridized carbons (Fsp3) is 0.231. The predicted octanol–water partition coefficient (Wildman–Crippen LogP) is 1.93. The maximum Gasteiger partial charge on any atom is 0.173 e. The molecule has 0 aliphatic rings. The first-order chi connectivity index (χ1) is 8.13. The fourth-order valence-electron chi connectivity index (χ4n) is 1.12. The number of hydrogen-bond acceptors (Lipinski definition) is 4. The smallest absolute Gasteiger partial charge is 0.173 e. The zero-order valence-corrected chi connectivity index (χ0v) is 9.88. The number of ketones is 1. The molecular formula is C13H14N2O2. The zero-order chi connectivity index (χ0) is 12.7. The number of aliphatic imine (C=N–C) groups is 2. The Morgan fingerprint density at radius 1 is 1.29 bits per heavy atom. The molecule has 0 aliphatic carbocycles. The van der Waals surface area contributed by atoms with Crippen LogP contribution in [0.5, 0.6) is 0 Å². The van der Waals surface area contributed by atoms with Crippen molar-refractivity contribution in [2.75, 3.05) is 6.67 Å². The second-order valence-electron chi connectivity index (χ2n) is 3.54. The van der Waals surface area contributed by atoms with Gasteiger partial charge in [0.15, 0.2) is 5.78 Å². The third kappa shape index (κ3) is 4.51. The molecule has 0 heterocycles. The standard InChI is InChI=1S/C13H14N2O2/c1-10(11(2)17)15-9-14-7-12-4-3-5-13(6-12)8-16/h3-8H,9H2,1-2H3/b14-7-,15-10+. The highest BCUT2D eigenvalue weighted by atomic mass is 16.1. The number of carbonyl (C=O) groups excluding carboxylic acids is 2. The SMILES string of the molecule is CC(=O)/C(C)=N/C/N=C\c1cccc(C=O)c1. The minimum Gasteiger partial charge on any atom is -0.298 e. The summed E-state index contributed by atoms with van der Waals surface area (Å²) >= 11 is 0. The van der Waals surface area contributed by atoms with Crippen molar-refractivity contribution >= 4 is 24.0 Å². The normalized spacial score (nSPS) is 11.8. The van der Waals surface area contributed by atoms with Gasteiger partial charge in [-0.1, -0.05) is 18.2 Å². The van der Waals surface area contributed by atoms with Crippen LogP contribution in [0.2, 0.25) is 0 Å². The molecule has 0 fully saturated rings. The first kappa shape index (κ1) is 13.0. The number of aldehydes is 1. The molecule has 1 aromatic rings. The molecule has 0 spiro atoms. The van der Waals surface area contributed by atoms with Crippen LogP contribution in [-0.2, 0) is 4.79 Å². The summed E-state index contributed by atoms with van der Waals surface area (Å²) in [4.78, 5) is 29.5. The van der Waals surface area contributed by atoms with E-state index in [9.17, 15) is 9.59 Å². The topological polar surface area (TPSA) is 58.9 Å². The molecule has 4 nitrogen and oxygen atoms in total. The summed E-state index contributed by atoms with van der Waals surface area (Å²) < 4.78 is 0. The molecule has 0 unspecified atom stereocenters. The van der Waals surface area contributed by atoms with Gasteiger partial charge in [-0.3, -0.25) is 19.6 Å². The molecule has 0 aromatic heterocycles. The van der Waals surface area contributed by atoms with Crippen LogP contribution in [0.1, 0.15) is 29.8 Å². The molecule has 0 saturated heterocycles. The highest BCUT2D eigenvalue weighted by Gasteiger charge is 1.95. The van der Waals surface area contributed by atoms with Gasteiger partial charge in [0.2, 0.25) is 0 Å². The molecule has 17 heavy (non-hydrogen) atoms. The lowest BCUT2D eigenvalue weighted by molar-refractivity contribution is -0.111. The Kier molecular flexibility index (Phi) is 4.94. The number of carbonyl (C=O) groups is 2. The molecular weight excluding hydrogens is 216 g/mol. The van der Waals surface area contributed by atoms with Crippen molar-refractivity contribution in [1.82, 2.24) is 0 Å². The number of hydrogen-bond donors (Lipinski definition) is 0. The Labute approximate surface area is 100 Å². The highest BCUT2D eigenvalue weighted by Crippen LogP contribution is 2.00. The van der Waals surface area contributed by atoms with Crippen LogP contribution >= 0.6 is 0 Å². The average molecular weight is 230 g/mol. The van der Waals surface area contributed by atoms with Gasteiger partial charge in [0, 0.05) is 18.7 Å². The van der Waals surface area contributed by atoms with E-state index in [2.05, 4.69) is 9.98 Å². The van der Waals surface area contributed by atoms with Crippen LogP contribution in [0.25, 0.3) is 0 Å². The third-order valence-corrected chi connectivity index (χ3v) is 2.19. The second-order valence-corrected chi connectivity index (χ2v) is 3.54. The summed E-state index contributed by atoms with van der Waals surface area (Å²) in [6.07, 6.45) is 2.42. The Morgan fingerprint density at radius 3 is 2.65 bits per heavy atom. The van der Waals surface area contributed by atoms with Crippen LogP contribution in [0, 0.1) is 0 Å². The van der Waals surface area contributed by atoms with E-state index in [1.165, 1.54) is 6.92 Å². The Morgan fingerprint density at radius 2 is 2.00 bits per heavy atom. The molecule has 0 N–H and O–H groups in total. The summed E-state index contributed by atoms with van der Waals surface area (Å²) in [5.74, 6) is -0.0526. The molecule has 0 radical (unpaired) electrons. The van der Waals surface area contributed by atoms with Crippen molar-refractivity contribution in [3.05, 3.63) is 35.4 Å². The molecule has 88 valence electrons. The van der Waals surface area contributed by atoms with E-state index >= 15 is 0 Å². The quantitative estimate of drug-likeness (QED) is 0.573. The maximum atomic E-state index is 10.9. The van der Waals surface area contributed by atoms with E-state index in [0.29, 0.717) is 11.3 Å². The lowest BCUT2D eigenvalue weighted by atomic mass is 10.1. The molecule has 0 amide bonds. The van der Waals surface area contributed by atoms with Gasteiger partial charge in [-0.2, -0.15) is 0 Å². The number of benzene rings is 1. The predicted molar refractivity (Wildman–Crippen MR) is 68.1 cm³/mol. The summed E-state index contributed by atoms with van der Waals surface area (Å²) in [5.41, 5.74) is 1.91. The lowest BCUT2D eigenvalue weighted by Crippen LogP contribution is -2.04. The van der Waals surface area contributed by atoms with E-state index in [-0.39, 0.29) is 12.5 Å². The van der Waals surface area contributed by atoms with Crippen LogP contribution in [0.15, 0.2) is 34.3 Å². The lowest BCUT2D eigenvalue weighted by Gasteiger charge is -1.94. The van der Waals surface area contributed by atoms with Crippen LogP contribution in [-0.4, -0.2) is 30.7 Å². The summed E-state index contributed by atoms with van der Waals surface area (Å²) in [7, 11) is 0. The van der Waals surface area contributed by atoms with Crippen molar-refractivity contribution in [3.8, 4) is 0 Å². The van der Waals surface area contributed by atoms with Gasteiger partial charge >= 0.3 is 0 Å². The molecule has 0 aliphatic heterocycles. The largest absolute Gasteiger partial charge is 0.298 e. The summed E-state index contributed by atoms with van der Waals surface area (Å²) in [5, 5.41) is 0.